The van der Waals surface area contributed by atoms with Gasteiger partial charge in [0.1, 0.15) is 5.25 Å². The number of hydrogen-bond acceptors (Lipinski definition) is 5. The number of hydrogen-bond donors (Lipinski definition) is 3. The molecule has 4 N–H and O–H groups in total. The van der Waals surface area contributed by atoms with E-state index in [4.69, 9.17) is 18.0 Å². The zero-order chi connectivity index (χ0) is 12.5. The van der Waals surface area contributed by atoms with E-state index < -0.39 is 27.5 Å². The van der Waals surface area contributed by atoms with Crippen LogP contribution in [-0.2, 0) is 10.0 Å². The Kier molecular flexibility index (Phi) is 4.24. The SMILES string of the molecule is CCC(C(N)=S)S(=O)(=O)N1CC(O)C(O)C1. The fraction of sp³-hybridized carbons (Fsp3) is 0.875. The summed E-state index contributed by atoms with van der Waals surface area (Å²) in [5.74, 6) is 0. The van der Waals surface area contributed by atoms with E-state index in [9.17, 15) is 18.6 Å². The predicted molar refractivity (Wildman–Crippen MR) is 63.4 cm³/mol. The number of nitrogens with two attached hydrogens (primary N) is 1. The first-order valence-corrected chi connectivity index (χ1v) is 6.86. The van der Waals surface area contributed by atoms with Gasteiger partial charge >= 0.3 is 0 Å². The molecule has 1 aliphatic rings. The monoisotopic (exact) mass is 268 g/mol. The fourth-order valence-electron chi connectivity index (χ4n) is 1.68. The summed E-state index contributed by atoms with van der Waals surface area (Å²) in [4.78, 5) is -0.0848. The van der Waals surface area contributed by atoms with E-state index in [0.29, 0.717) is 0 Å². The molecule has 16 heavy (non-hydrogen) atoms. The van der Waals surface area contributed by atoms with Gasteiger partial charge in [0.05, 0.1) is 17.2 Å². The van der Waals surface area contributed by atoms with Gasteiger partial charge in [0.2, 0.25) is 10.0 Å². The lowest BCUT2D eigenvalue weighted by Gasteiger charge is -2.21. The first kappa shape index (κ1) is 13.8. The number of aliphatic hydroxyl groups is 2. The molecule has 0 saturated carbocycles. The van der Waals surface area contributed by atoms with Crippen molar-refractivity contribution < 1.29 is 18.6 Å². The average molecular weight is 268 g/mol. The Morgan fingerprint density at radius 3 is 2.25 bits per heavy atom. The van der Waals surface area contributed by atoms with E-state index in [1.807, 2.05) is 0 Å². The van der Waals surface area contributed by atoms with Crippen LogP contribution in [0.5, 0.6) is 0 Å². The summed E-state index contributed by atoms with van der Waals surface area (Å²) >= 11 is 4.71. The molecule has 0 aromatic carbocycles. The summed E-state index contributed by atoms with van der Waals surface area (Å²) < 4.78 is 25.1. The van der Waals surface area contributed by atoms with Crippen molar-refractivity contribution in [3.05, 3.63) is 0 Å². The molecule has 0 aromatic rings. The molecule has 1 aliphatic heterocycles. The van der Waals surface area contributed by atoms with Crippen LogP contribution in [0.4, 0.5) is 0 Å². The minimum absolute atomic E-state index is 0.0848. The Hall–Kier alpha value is -0.280. The molecular weight excluding hydrogens is 252 g/mol. The van der Waals surface area contributed by atoms with Gasteiger partial charge in [-0.15, -0.1) is 0 Å². The van der Waals surface area contributed by atoms with Crippen molar-refractivity contribution in [2.75, 3.05) is 13.1 Å². The number of rotatable bonds is 4. The lowest BCUT2D eigenvalue weighted by Crippen LogP contribution is -2.43. The van der Waals surface area contributed by atoms with E-state index in [1.54, 1.807) is 6.92 Å². The number of thiocarbonyl (C=S) groups is 1. The molecule has 8 heteroatoms. The highest BCUT2D eigenvalue weighted by atomic mass is 32.2. The van der Waals surface area contributed by atoms with Gasteiger partial charge in [-0.25, -0.2) is 8.42 Å². The predicted octanol–water partition coefficient (Wildman–Crippen LogP) is -1.58. The summed E-state index contributed by atoms with van der Waals surface area (Å²) in [6.45, 7) is 1.45. The molecule has 3 unspecified atom stereocenters. The second-order valence-corrected chi connectivity index (χ2v) is 6.38. The molecule has 0 aliphatic carbocycles. The second-order valence-electron chi connectivity index (χ2n) is 3.80. The van der Waals surface area contributed by atoms with Gasteiger partial charge in [-0.05, 0) is 6.42 Å². The van der Waals surface area contributed by atoms with Gasteiger partial charge < -0.3 is 15.9 Å². The van der Waals surface area contributed by atoms with E-state index >= 15 is 0 Å². The molecule has 3 atom stereocenters. The minimum atomic E-state index is -3.67. The second kappa shape index (κ2) is 4.92. The van der Waals surface area contributed by atoms with Crippen LogP contribution in [0, 0.1) is 0 Å². The van der Waals surface area contributed by atoms with Crippen molar-refractivity contribution in [1.82, 2.24) is 4.31 Å². The van der Waals surface area contributed by atoms with Gasteiger partial charge in [0.25, 0.3) is 0 Å². The highest BCUT2D eigenvalue weighted by Gasteiger charge is 2.40. The van der Waals surface area contributed by atoms with Crippen LogP contribution in [0.25, 0.3) is 0 Å². The lowest BCUT2D eigenvalue weighted by atomic mass is 10.3. The summed E-state index contributed by atoms with van der Waals surface area (Å²) in [5.41, 5.74) is 5.37. The maximum absolute atomic E-state index is 12.0. The van der Waals surface area contributed by atoms with E-state index in [1.165, 1.54) is 0 Å². The van der Waals surface area contributed by atoms with E-state index in [-0.39, 0.29) is 24.5 Å². The van der Waals surface area contributed by atoms with Gasteiger partial charge in [-0.1, -0.05) is 19.1 Å². The van der Waals surface area contributed by atoms with Crippen molar-refractivity contribution in [3.8, 4) is 0 Å². The molecule has 0 amide bonds. The molecule has 1 fully saturated rings. The van der Waals surface area contributed by atoms with Crippen molar-refractivity contribution in [2.24, 2.45) is 5.73 Å². The summed E-state index contributed by atoms with van der Waals surface area (Å²) in [5, 5.41) is 17.7. The quantitative estimate of drug-likeness (QED) is 0.532. The first-order valence-electron chi connectivity index (χ1n) is 4.95. The standard InChI is InChI=1S/C8H16N2O4S2/c1-2-7(8(9)15)16(13,14)10-3-5(11)6(12)4-10/h5-7,11-12H,2-4H2,1H3,(H2,9,15). The number of nitrogens with zero attached hydrogens (tertiary/aromatic N) is 1. The molecule has 0 bridgehead atoms. The Morgan fingerprint density at radius 2 is 1.94 bits per heavy atom. The van der Waals surface area contributed by atoms with Crippen molar-refractivity contribution in [2.45, 2.75) is 30.8 Å². The van der Waals surface area contributed by atoms with Gasteiger partial charge in [0.15, 0.2) is 0 Å². The lowest BCUT2D eigenvalue weighted by molar-refractivity contribution is 0.0572. The third kappa shape index (κ3) is 2.51. The minimum Gasteiger partial charge on any atom is -0.392 e. The van der Waals surface area contributed by atoms with Crippen LogP contribution >= 0.6 is 12.2 Å². The number of sulfonamides is 1. The van der Waals surface area contributed by atoms with Gasteiger partial charge in [-0.2, -0.15) is 4.31 Å². The third-order valence-electron chi connectivity index (χ3n) is 2.63. The van der Waals surface area contributed by atoms with E-state index in [0.717, 1.165) is 4.31 Å². The van der Waals surface area contributed by atoms with Crippen LogP contribution in [0.3, 0.4) is 0 Å². The fourth-order valence-corrected chi connectivity index (χ4v) is 4.01. The Balaban J connectivity index is 2.90. The average Bonchev–Trinajstić information content (AvgIpc) is 2.47. The number of β-amino-alcohol motifs (C(OH)–C–C–N with tert-alkyl or cyclic N) is 2. The summed E-state index contributed by atoms with van der Waals surface area (Å²) in [6.07, 6.45) is -1.81. The van der Waals surface area contributed by atoms with Crippen LogP contribution in [0.2, 0.25) is 0 Å². The van der Waals surface area contributed by atoms with Crippen molar-refractivity contribution in [3.63, 3.8) is 0 Å². The summed E-state index contributed by atoms with van der Waals surface area (Å²) in [7, 11) is -3.67. The molecule has 0 spiro atoms. The topological polar surface area (TPSA) is 104 Å². The largest absolute Gasteiger partial charge is 0.392 e. The maximum atomic E-state index is 12.0. The van der Waals surface area contributed by atoms with Gasteiger partial charge in [-0.3, -0.25) is 0 Å². The third-order valence-corrected chi connectivity index (χ3v) is 5.39. The van der Waals surface area contributed by atoms with Crippen molar-refractivity contribution in [1.29, 1.82) is 0 Å². The Labute approximate surface area is 100 Å². The molecule has 1 rings (SSSR count). The van der Waals surface area contributed by atoms with Crippen molar-refractivity contribution >= 4 is 27.2 Å². The molecule has 1 heterocycles. The van der Waals surface area contributed by atoms with Gasteiger partial charge in [0, 0.05) is 13.1 Å². The molecule has 0 radical (unpaired) electrons. The molecule has 1 saturated heterocycles. The van der Waals surface area contributed by atoms with Crippen LogP contribution in [0.1, 0.15) is 13.3 Å². The first-order chi connectivity index (χ1) is 7.30. The summed E-state index contributed by atoms with van der Waals surface area (Å²) in [6, 6.07) is 0. The van der Waals surface area contributed by atoms with E-state index in [2.05, 4.69) is 0 Å². The highest BCUT2D eigenvalue weighted by molar-refractivity contribution is 7.92. The smallest absolute Gasteiger partial charge is 0.223 e. The zero-order valence-corrected chi connectivity index (χ0v) is 10.5. The normalized spacial score (nSPS) is 29.2. The van der Waals surface area contributed by atoms with Crippen LogP contribution in [-0.4, -0.2) is 58.5 Å². The van der Waals surface area contributed by atoms with Crippen LogP contribution in [0.15, 0.2) is 0 Å². The van der Waals surface area contributed by atoms with Crippen LogP contribution < -0.4 is 5.73 Å². The highest BCUT2D eigenvalue weighted by Crippen LogP contribution is 2.19. The Morgan fingerprint density at radius 1 is 1.50 bits per heavy atom. The molecule has 6 nitrogen and oxygen atoms in total. The Bertz CT molecular complexity index is 360. The molecular formula is C8H16N2O4S2. The molecule has 94 valence electrons. The zero-order valence-electron chi connectivity index (χ0n) is 8.91. The number of aliphatic hydroxyl groups excluding tert-OH is 2. The molecule has 0 aromatic heterocycles. The maximum Gasteiger partial charge on any atom is 0.223 e.